The van der Waals surface area contributed by atoms with E-state index in [1.165, 1.54) is 0 Å². The number of nitrogens with zero attached hydrogens (tertiary/aromatic N) is 4. The highest BCUT2D eigenvalue weighted by Crippen LogP contribution is 2.34. The van der Waals surface area contributed by atoms with Gasteiger partial charge in [-0.25, -0.2) is 14.8 Å². The minimum absolute atomic E-state index is 0. The quantitative estimate of drug-likeness (QED) is 0.517. The average molecular weight is 502 g/mol. The van der Waals surface area contributed by atoms with Crippen molar-refractivity contribution in [1.82, 2.24) is 14.9 Å². The van der Waals surface area contributed by atoms with Crippen LogP contribution in [0, 0.1) is 0 Å². The molecule has 188 valence electrons. The molecule has 0 radical (unpaired) electrons. The minimum atomic E-state index is -1.62. The summed E-state index contributed by atoms with van der Waals surface area (Å²) in [5.74, 6) is -1.15. The Morgan fingerprint density at radius 2 is 1.97 bits per heavy atom. The molecule has 0 bridgehead atoms. The van der Waals surface area contributed by atoms with Gasteiger partial charge in [-0.05, 0) is 38.0 Å². The topological polar surface area (TPSA) is 113 Å². The minimum Gasteiger partial charge on any atom is -0.461 e. The first-order chi connectivity index (χ1) is 16.6. The Balaban J connectivity index is 0.00000289. The zero-order chi connectivity index (χ0) is 23.5. The van der Waals surface area contributed by atoms with Crippen LogP contribution in [0.15, 0.2) is 40.2 Å². The SMILES string of the molecule is CCOC(=O)C1(Nc2ccc(N3CCNCC3)cn2)N=Cc2ccc(=O)n(C3CCCC3)c2N1.Cl. The van der Waals surface area contributed by atoms with Crippen molar-refractivity contribution in [3.8, 4) is 0 Å². The van der Waals surface area contributed by atoms with Gasteiger partial charge in [0.2, 0.25) is 0 Å². The maximum absolute atomic E-state index is 13.2. The summed E-state index contributed by atoms with van der Waals surface area (Å²) in [5.41, 5.74) is 1.69. The number of hydrogen-bond donors (Lipinski definition) is 3. The zero-order valence-electron chi connectivity index (χ0n) is 19.8. The maximum Gasteiger partial charge on any atom is 0.377 e. The first kappa shape index (κ1) is 25.0. The number of carbonyl (C=O) groups excluding carboxylic acids is 1. The van der Waals surface area contributed by atoms with Crippen molar-refractivity contribution in [2.75, 3.05) is 48.3 Å². The van der Waals surface area contributed by atoms with Crippen LogP contribution in [0.2, 0.25) is 0 Å². The fourth-order valence-corrected chi connectivity index (χ4v) is 4.91. The Labute approximate surface area is 210 Å². The van der Waals surface area contributed by atoms with Crippen molar-refractivity contribution in [2.24, 2.45) is 4.99 Å². The predicted octanol–water partition coefficient (Wildman–Crippen LogP) is 2.36. The number of aliphatic imine (C=N–C) groups is 1. The Kier molecular flexibility index (Phi) is 7.61. The lowest BCUT2D eigenvalue weighted by molar-refractivity contribution is -0.147. The van der Waals surface area contributed by atoms with Gasteiger partial charge >= 0.3 is 11.8 Å². The van der Waals surface area contributed by atoms with E-state index in [2.05, 4.69) is 30.8 Å². The predicted molar refractivity (Wildman–Crippen MR) is 139 cm³/mol. The maximum atomic E-state index is 13.2. The standard InChI is InChI=1S/C24H31N7O3.ClH/c1-2-34-23(33)24(28-20-9-8-19(16-26-20)30-13-11-25-12-14-30)27-15-17-7-10-21(32)31(22(17)29-24)18-5-3-4-6-18;/h7-10,15-16,18,25,29H,2-6,11-14H2,1H3,(H,26,28);1H. The molecular weight excluding hydrogens is 470 g/mol. The van der Waals surface area contributed by atoms with Crippen LogP contribution >= 0.6 is 12.4 Å². The van der Waals surface area contributed by atoms with Gasteiger partial charge in [0.15, 0.2) is 0 Å². The monoisotopic (exact) mass is 501 g/mol. The fourth-order valence-electron chi connectivity index (χ4n) is 4.91. The van der Waals surface area contributed by atoms with Crippen LogP contribution in [0.25, 0.3) is 0 Å². The van der Waals surface area contributed by atoms with E-state index in [9.17, 15) is 9.59 Å². The highest BCUT2D eigenvalue weighted by atomic mass is 35.5. The number of aromatic nitrogens is 2. The van der Waals surface area contributed by atoms with Crippen LogP contribution in [0.4, 0.5) is 17.3 Å². The van der Waals surface area contributed by atoms with Gasteiger partial charge in [0.05, 0.1) is 18.5 Å². The number of carbonyl (C=O) groups is 1. The van der Waals surface area contributed by atoms with Gasteiger partial charge < -0.3 is 25.6 Å². The Bertz CT molecular complexity index is 1120. The summed E-state index contributed by atoms with van der Waals surface area (Å²) < 4.78 is 7.15. The van der Waals surface area contributed by atoms with E-state index in [1.54, 1.807) is 36.0 Å². The lowest BCUT2D eigenvalue weighted by Gasteiger charge is -2.35. The van der Waals surface area contributed by atoms with Gasteiger partial charge in [0.1, 0.15) is 11.6 Å². The van der Waals surface area contributed by atoms with Crippen LogP contribution in [-0.2, 0) is 9.53 Å². The smallest absolute Gasteiger partial charge is 0.377 e. The van der Waals surface area contributed by atoms with Crippen LogP contribution in [0.5, 0.6) is 0 Å². The first-order valence-corrected chi connectivity index (χ1v) is 12.1. The molecule has 1 unspecified atom stereocenters. The summed E-state index contributed by atoms with van der Waals surface area (Å²) in [6, 6.07) is 7.20. The Hall–Kier alpha value is -3.11. The molecule has 5 rings (SSSR count). The molecule has 11 heteroatoms. The number of halogens is 1. The van der Waals surface area contributed by atoms with E-state index in [1.807, 2.05) is 12.1 Å². The van der Waals surface area contributed by atoms with Crippen molar-refractivity contribution in [3.63, 3.8) is 0 Å². The number of esters is 1. The molecular formula is C24H32ClN7O3. The third-order valence-corrected chi connectivity index (χ3v) is 6.65. The number of hydrogen-bond acceptors (Lipinski definition) is 9. The van der Waals surface area contributed by atoms with E-state index in [0.717, 1.165) is 63.1 Å². The highest BCUT2D eigenvalue weighted by molar-refractivity contribution is 5.97. The van der Waals surface area contributed by atoms with Gasteiger partial charge in [-0.1, -0.05) is 12.8 Å². The average Bonchev–Trinajstić information content (AvgIpc) is 3.39. The summed E-state index contributed by atoms with van der Waals surface area (Å²) in [5, 5.41) is 9.72. The molecule has 1 atom stereocenters. The number of nitrogens with one attached hydrogen (secondary N) is 3. The second kappa shape index (κ2) is 10.7. The molecule has 0 spiro atoms. The fraction of sp³-hybridized carbons (Fsp3) is 0.500. The molecule has 0 aromatic carbocycles. The van der Waals surface area contributed by atoms with Gasteiger partial charge in [-0.2, -0.15) is 0 Å². The van der Waals surface area contributed by atoms with Crippen molar-refractivity contribution in [1.29, 1.82) is 0 Å². The van der Waals surface area contributed by atoms with E-state index in [-0.39, 0.29) is 30.6 Å². The van der Waals surface area contributed by atoms with Crippen LogP contribution < -0.4 is 26.4 Å². The molecule has 35 heavy (non-hydrogen) atoms. The largest absolute Gasteiger partial charge is 0.461 e. The number of pyridine rings is 2. The number of fused-ring (bicyclic) bond motifs is 1. The van der Waals surface area contributed by atoms with E-state index in [0.29, 0.717) is 11.6 Å². The molecule has 2 aliphatic heterocycles. The molecule has 1 saturated heterocycles. The summed E-state index contributed by atoms with van der Waals surface area (Å²) in [6.07, 6.45) is 7.45. The van der Waals surface area contributed by atoms with Gasteiger partial charge in [-0.3, -0.25) is 9.36 Å². The van der Waals surface area contributed by atoms with E-state index < -0.39 is 11.8 Å². The molecule has 3 N–H and O–H groups in total. The van der Waals surface area contributed by atoms with E-state index in [4.69, 9.17) is 4.74 Å². The molecule has 1 aliphatic carbocycles. The lowest BCUT2D eigenvalue weighted by Crippen LogP contribution is -2.55. The normalized spacial score (nSPS) is 21.6. The van der Waals surface area contributed by atoms with Gasteiger partial charge in [0, 0.05) is 50.1 Å². The van der Waals surface area contributed by atoms with Crippen molar-refractivity contribution in [3.05, 3.63) is 46.4 Å². The van der Waals surface area contributed by atoms with Crippen molar-refractivity contribution < 1.29 is 9.53 Å². The van der Waals surface area contributed by atoms with Gasteiger partial charge in [0.25, 0.3) is 5.56 Å². The molecule has 2 aromatic heterocycles. The number of anilines is 3. The zero-order valence-corrected chi connectivity index (χ0v) is 20.6. The van der Waals surface area contributed by atoms with Gasteiger partial charge in [-0.15, -0.1) is 12.4 Å². The van der Waals surface area contributed by atoms with E-state index >= 15 is 0 Å². The molecule has 0 amide bonds. The molecule has 2 aromatic rings. The van der Waals surface area contributed by atoms with Crippen molar-refractivity contribution >= 4 is 41.9 Å². The van der Waals surface area contributed by atoms with Crippen LogP contribution in [-0.4, -0.2) is 60.3 Å². The Morgan fingerprint density at radius 1 is 1.20 bits per heavy atom. The third-order valence-electron chi connectivity index (χ3n) is 6.65. The summed E-state index contributed by atoms with van der Waals surface area (Å²) >= 11 is 0. The van der Waals surface area contributed by atoms with Crippen LogP contribution in [0.1, 0.15) is 44.2 Å². The molecule has 3 aliphatic rings. The number of rotatable bonds is 6. The summed E-state index contributed by atoms with van der Waals surface area (Å²) in [4.78, 5) is 37.4. The summed E-state index contributed by atoms with van der Waals surface area (Å²) in [7, 11) is 0. The molecule has 4 heterocycles. The molecule has 10 nitrogen and oxygen atoms in total. The van der Waals surface area contributed by atoms with Crippen molar-refractivity contribution in [2.45, 2.75) is 44.4 Å². The number of piperazine rings is 1. The third kappa shape index (κ3) is 4.99. The van der Waals surface area contributed by atoms with Crippen LogP contribution in [0.3, 0.4) is 0 Å². The highest BCUT2D eigenvalue weighted by Gasteiger charge is 2.44. The second-order valence-corrected chi connectivity index (χ2v) is 8.86. The molecule has 1 saturated carbocycles. The first-order valence-electron chi connectivity index (χ1n) is 12.1. The Morgan fingerprint density at radius 3 is 2.66 bits per heavy atom. The summed E-state index contributed by atoms with van der Waals surface area (Å²) in [6.45, 7) is 5.66. The lowest BCUT2D eigenvalue weighted by atomic mass is 10.1. The second-order valence-electron chi connectivity index (χ2n) is 8.86. The molecule has 2 fully saturated rings. The number of ether oxygens (including phenoxy) is 1.